The second-order valence-corrected chi connectivity index (χ2v) is 10.2. The predicted molar refractivity (Wildman–Crippen MR) is 58.2 cm³/mol. The summed E-state index contributed by atoms with van der Waals surface area (Å²) < 4.78 is 0. The fourth-order valence-corrected chi connectivity index (χ4v) is 2.94. The van der Waals surface area contributed by atoms with E-state index in [2.05, 4.69) is 26.2 Å². The number of aliphatic hydroxyl groups excluding tert-OH is 1. The summed E-state index contributed by atoms with van der Waals surface area (Å²) in [6, 6.07) is 1.14. The fraction of sp³-hybridized carbons (Fsp3) is 0.800. The Morgan fingerprint density at radius 1 is 1.42 bits per heavy atom. The molecule has 0 aliphatic rings. The highest BCUT2D eigenvalue weighted by Crippen LogP contribution is 2.19. The average molecular weight is 186 g/mol. The molecule has 72 valence electrons. The molecule has 0 radical (unpaired) electrons. The van der Waals surface area contributed by atoms with Gasteiger partial charge in [-0.05, 0) is 18.9 Å². The van der Waals surface area contributed by atoms with Gasteiger partial charge in [0, 0.05) is 8.07 Å². The highest BCUT2D eigenvalue weighted by molar-refractivity contribution is 6.76. The number of hydrogen-bond acceptors (Lipinski definition) is 1. The normalized spacial score (nSPS) is 14.4. The van der Waals surface area contributed by atoms with Crippen molar-refractivity contribution in [2.45, 2.75) is 51.6 Å². The molecule has 1 nitrogen and oxygen atoms in total. The van der Waals surface area contributed by atoms with Crippen molar-refractivity contribution >= 4 is 8.07 Å². The van der Waals surface area contributed by atoms with E-state index < -0.39 is 8.07 Å². The Bertz CT molecular complexity index is 146. The molecule has 0 amide bonds. The van der Waals surface area contributed by atoms with Crippen molar-refractivity contribution in [3.8, 4) is 0 Å². The molecule has 0 saturated heterocycles. The van der Waals surface area contributed by atoms with Crippen molar-refractivity contribution in [2.75, 3.05) is 0 Å². The van der Waals surface area contributed by atoms with Gasteiger partial charge in [-0.1, -0.05) is 32.1 Å². The zero-order chi connectivity index (χ0) is 9.78. The molecule has 2 heteroatoms. The van der Waals surface area contributed by atoms with Gasteiger partial charge in [0.1, 0.15) is 0 Å². The highest BCUT2D eigenvalue weighted by Gasteiger charge is 2.15. The number of rotatable bonds is 5. The standard InChI is InChI=1S/C10H22OSi/c1-6-10(11)7-9(2)8-12(3,4)5/h10-11H,2,6-8H2,1,3-5H3. The van der Waals surface area contributed by atoms with Crippen LogP contribution in [-0.4, -0.2) is 19.3 Å². The molecule has 0 heterocycles. The minimum Gasteiger partial charge on any atom is -0.393 e. The van der Waals surface area contributed by atoms with E-state index in [9.17, 15) is 5.11 Å². The minimum atomic E-state index is -1.01. The summed E-state index contributed by atoms with van der Waals surface area (Å²) in [6.07, 6.45) is 1.46. The topological polar surface area (TPSA) is 20.2 Å². The van der Waals surface area contributed by atoms with Crippen LogP contribution in [0.1, 0.15) is 19.8 Å². The maximum absolute atomic E-state index is 9.38. The first-order valence-corrected chi connectivity index (χ1v) is 8.40. The smallest absolute Gasteiger partial charge is 0.0574 e. The van der Waals surface area contributed by atoms with Gasteiger partial charge in [-0.2, -0.15) is 0 Å². The van der Waals surface area contributed by atoms with Crippen molar-refractivity contribution in [3.63, 3.8) is 0 Å². The molecule has 0 aromatic carbocycles. The van der Waals surface area contributed by atoms with Gasteiger partial charge in [0.25, 0.3) is 0 Å². The summed E-state index contributed by atoms with van der Waals surface area (Å²) in [6.45, 7) is 13.0. The van der Waals surface area contributed by atoms with Crippen molar-refractivity contribution in [3.05, 3.63) is 12.2 Å². The monoisotopic (exact) mass is 186 g/mol. The van der Waals surface area contributed by atoms with Crippen LogP contribution in [0.3, 0.4) is 0 Å². The lowest BCUT2D eigenvalue weighted by molar-refractivity contribution is 0.171. The van der Waals surface area contributed by atoms with Crippen LogP contribution in [0.25, 0.3) is 0 Å². The number of hydrogen-bond donors (Lipinski definition) is 1. The van der Waals surface area contributed by atoms with Gasteiger partial charge in [-0.25, -0.2) is 0 Å². The molecule has 0 aromatic rings. The molecule has 12 heavy (non-hydrogen) atoms. The predicted octanol–water partition coefficient (Wildman–Crippen LogP) is 3.04. The van der Waals surface area contributed by atoms with E-state index in [4.69, 9.17) is 0 Å². The van der Waals surface area contributed by atoms with Crippen molar-refractivity contribution < 1.29 is 5.11 Å². The Morgan fingerprint density at radius 3 is 2.25 bits per heavy atom. The summed E-state index contributed by atoms with van der Waals surface area (Å²) >= 11 is 0. The van der Waals surface area contributed by atoms with Crippen LogP contribution in [0.5, 0.6) is 0 Å². The second-order valence-electron chi connectivity index (χ2n) is 4.75. The minimum absolute atomic E-state index is 0.172. The molecule has 0 aliphatic carbocycles. The quantitative estimate of drug-likeness (QED) is 0.517. The van der Waals surface area contributed by atoms with Crippen LogP contribution < -0.4 is 0 Å². The van der Waals surface area contributed by atoms with Gasteiger partial charge in [0.05, 0.1) is 6.10 Å². The number of aliphatic hydroxyl groups is 1. The molecular formula is C10H22OSi. The SMILES string of the molecule is C=C(CC(O)CC)C[Si](C)(C)C. The molecule has 1 atom stereocenters. The zero-order valence-corrected chi connectivity index (χ0v) is 9.85. The third-order valence-corrected chi connectivity index (χ3v) is 3.34. The first-order chi connectivity index (χ1) is 5.35. The van der Waals surface area contributed by atoms with E-state index in [-0.39, 0.29) is 6.10 Å². The summed E-state index contributed by atoms with van der Waals surface area (Å²) in [5.74, 6) is 0. The molecule has 0 saturated carbocycles. The molecule has 1 N–H and O–H groups in total. The van der Waals surface area contributed by atoms with Gasteiger partial charge in [-0.15, -0.1) is 6.58 Å². The van der Waals surface area contributed by atoms with Gasteiger partial charge >= 0.3 is 0 Å². The van der Waals surface area contributed by atoms with Gasteiger partial charge in [0.15, 0.2) is 0 Å². The van der Waals surface area contributed by atoms with Crippen LogP contribution in [0.4, 0.5) is 0 Å². The lowest BCUT2D eigenvalue weighted by Gasteiger charge is -2.18. The van der Waals surface area contributed by atoms with Crippen LogP contribution in [0.2, 0.25) is 25.7 Å². The summed E-state index contributed by atoms with van der Waals surface area (Å²) in [5.41, 5.74) is 1.23. The molecule has 0 rings (SSSR count). The molecule has 0 fully saturated rings. The largest absolute Gasteiger partial charge is 0.393 e. The molecule has 0 bridgehead atoms. The lowest BCUT2D eigenvalue weighted by Crippen LogP contribution is -2.21. The Morgan fingerprint density at radius 2 is 1.92 bits per heavy atom. The molecule has 0 spiro atoms. The van der Waals surface area contributed by atoms with E-state index in [0.29, 0.717) is 0 Å². The maximum Gasteiger partial charge on any atom is 0.0574 e. The van der Waals surface area contributed by atoms with E-state index in [1.54, 1.807) is 0 Å². The van der Waals surface area contributed by atoms with E-state index in [1.807, 2.05) is 6.92 Å². The Balaban J connectivity index is 3.75. The van der Waals surface area contributed by atoms with E-state index in [1.165, 1.54) is 5.57 Å². The van der Waals surface area contributed by atoms with Crippen LogP contribution >= 0.6 is 0 Å². The summed E-state index contributed by atoms with van der Waals surface area (Å²) in [4.78, 5) is 0. The summed E-state index contributed by atoms with van der Waals surface area (Å²) in [7, 11) is -1.01. The Labute approximate surface area is 77.5 Å². The fourth-order valence-electron chi connectivity index (χ4n) is 1.30. The summed E-state index contributed by atoms with van der Waals surface area (Å²) in [5, 5.41) is 9.38. The van der Waals surface area contributed by atoms with Crippen LogP contribution in [-0.2, 0) is 0 Å². The van der Waals surface area contributed by atoms with Gasteiger partial charge in [-0.3, -0.25) is 0 Å². The van der Waals surface area contributed by atoms with Crippen LogP contribution in [0.15, 0.2) is 12.2 Å². The first kappa shape index (κ1) is 11.9. The first-order valence-electron chi connectivity index (χ1n) is 4.70. The van der Waals surface area contributed by atoms with Crippen molar-refractivity contribution in [2.24, 2.45) is 0 Å². The van der Waals surface area contributed by atoms with E-state index in [0.717, 1.165) is 18.9 Å². The molecule has 0 aromatic heterocycles. The second kappa shape index (κ2) is 4.82. The van der Waals surface area contributed by atoms with Gasteiger partial charge < -0.3 is 5.11 Å². The van der Waals surface area contributed by atoms with Gasteiger partial charge in [0.2, 0.25) is 0 Å². The van der Waals surface area contributed by atoms with Crippen molar-refractivity contribution in [1.29, 1.82) is 0 Å². The third-order valence-electron chi connectivity index (χ3n) is 1.78. The van der Waals surface area contributed by atoms with Crippen molar-refractivity contribution in [1.82, 2.24) is 0 Å². The average Bonchev–Trinajstić information content (AvgIpc) is 1.82. The molecule has 1 unspecified atom stereocenters. The molecular weight excluding hydrogens is 164 g/mol. The maximum atomic E-state index is 9.38. The zero-order valence-electron chi connectivity index (χ0n) is 8.85. The highest BCUT2D eigenvalue weighted by atomic mass is 28.3. The Kier molecular flexibility index (Phi) is 4.79. The molecule has 0 aliphatic heterocycles. The van der Waals surface area contributed by atoms with Crippen LogP contribution in [0, 0.1) is 0 Å². The Hall–Kier alpha value is -0.0831. The lowest BCUT2D eigenvalue weighted by atomic mass is 10.1. The van der Waals surface area contributed by atoms with E-state index >= 15 is 0 Å². The third kappa shape index (κ3) is 6.62.